The second-order valence-electron chi connectivity index (χ2n) is 6.17. The van der Waals surface area contributed by atoms with Gasteiger partial charge in [0.05, 0.1) is 6.61 Å². The van der Waals surface area contributed by atoms with Gasteiger partial charge in [-0.25, -0.2) is 4.79 Å². The molecule has 3 nitrogen and oxygen atoms in total. The van der Waals surface area contributed by atoms with Crippen LogP contribution in [0, 0.1) is 5.92 Å². The van der Waals surface area contributed by atoms with Gasteiger partial charge in [-0.3, -0.25) is 0 Å². The van der Waals surface area contributed by atoms with Gasteiger partial charge in [-0.05, 0) is 46.5 Å². The topological polar surface area (TPSA) is 38.3 Å². The third-order valence-electron chi connectivity index (χ3n) is 2.95. The third-order valence-corrected chi connectivity index (χ3v) is 3.10. The molecule has 0 unspecified atom stereocenters. The Hall–Kier alpha value is -0.540. The zero-order valence-electron chi connectivity index (χ0n) is 11.1. The molecule has 0 spiro atoms. The van der Waals surface area contributed by atoms with Crippen LogP contribution in [0.1, 0.15) is 40.5 Å². The van der Waals surface area contributed by atoms with Crippen molar-refractivity contribution in [3.05, 3.63) is 11.6 Å². The second kappa shape index (κ2) is 4.99. The van der Waals surface area contributed by atoms with E-state index in [1.165, 1.54) is 0 Å². The fraction of sp³-hybridized carbons (Fsp3) is 0.769. The normalized spacial score (nSPS) is 23.1. The number of esters is 1. The summed E-state index contributed by atoms with van der Waals surface area (Å²) in [4.78, 5) is 11.2. The predicted octanol–water partition coefficient (Wildman–Crippen LogP) is 2.84. The van der Waals surface area contributed by atoms with Crippen LogP contribution < -0.4 is 5.32 Å². The van der Waals surface area contributed by atoms with Gasteiger partial charge in [0.2, 0.25) is 0 Å². The summed E-state index contributed by atoms with van der Waals surface area (Å²) in [6, 6.07) is 0. The van der Waals surface area contributed by atoms with Gasteiger partial charge in [-0.15, -0.1) is 0 Å². The molecule has 0 aliphatic carbocycles. The third kappa shape index (κ3) is 4.68. The number of nitrogens with one attached hydrogen (secondary N) is 1. The second-order valence-corrected chi connectivity index (χ2v) is 6.63. The molecule has 0 aromatic heterocycles. The van der Waals surface area contributed by atoms with Gasteiger partial charge in [0.25, 0.3) is 0 Å². The Balaban J connectivity index is 2.54. The first-order valence-corrected chi connectivity index (χ1v) is 6.30. The van der Waals surface area contributed by atoms with E-state index in [1.807, 2.05) is 0 Å². The molecular formula is C13H22ClNO2. The van der Waals surface area contributed by atoms with Crippen LogP contribution in [0.3, 0.4) is 0 Å². The van der Waals surface area contributed by atoms with Crippen molar-refractivity contribution < 1.29 is 9.53 Å². The number of carbonyl (C=O) groups is 1. The first-order chi connectivity index (χ1) is 7.61. The quantitative estimate of drug-likeness (QED) is 0.626. The number of halogens is 1. The van der Waals surface area contributed by atoms with Gasteiger partial charge in [-0.1, -0.05) is 18.2 Å². The number of hydrogen-bond donors (Lipinski definition) is 1. The summed E-state index contributed by atoms with van der Waals surface area (Å²) in [6.45, 7) is 12.4. The van der Waals surface area contributed by atoms with E-state index in [0.717, 1.165) is 12.8 Å². The first-order valence-electron chi connectivity index (χ1n) is 5.92. The molecule has 0 aromatic rings. The van der Waals surface area contributed by atoms with Crippen molar-refractivity contribution in [2.45, 2.75) is 51.6 Å². The van der Waals surface area contributed by atoms with Crippen LogP contribution in [0.5, 0.6) is 0 Å². The van der Waals surface area contributed by atoms with E-state index in [-0.39, 0.29) is 16.1 Å². The molecule has 4 heteroatoms. The smallest absolute Gasteiger partial charge is 0.349 e. The molecule has 1 aliphatic heterocycles. The Bertz CT molecular complexity index is 307. The van der Waals surface area contributed by atoms with E-state index in [9.17, 15) is 4.79 Å². The minimum atomic E-state index is -0.513. The van der Waals surface area contributed by atoms with Gasteiger partial charge >= 0.3 is 5.97 Å². The average Bonchev–Trinajstić information content (AvgIpc) is 2.08. The molecule has 98 valence electrons. The molecular weight excluding hydrogens is 238 g/mol. The lowest BCUT2D eigenvalue weighted by Crippen LogP contribution is -2.58. The minimum Gasteiger partial charge on any atom is -0.461 e. The van der Waals surface area contributed by atoms with E-state index in [4.69, 9.17) is 16.3 Å². The largest absolute Gasteiger partial charge is 0.461 e. The van der Waals surface area contributed by atoms with Crippen molar-refractivity contribution in [1.29, 1.82) is 0 Å². The fourth-order valence-corrected chi connectivity index (χ4v) is 2.98. The summed E-state index contributed by atoms with van der Waals surface area (Å²) in [5, 5.41) is 3.53. The summed E-state index contributed by atoms with van der Waals surface area (Å²) in [5.74, 6) is -0.151. The highest BCUT2D eigenvalue weighted by Gasteiger charge is 2.37. The molecule has 0 saturated carbocycles. The molecule has 1 aliphatic rings. The number of hydrogen-bond acceptors (Lipinski definition) is 3. The summed E-state index contributed by atoms with van der Waals surface area (Å²) in [5.41, 5.74) is 0.133. The van der Waals surface area contributed by atoms with Gasteiger partial charge in [0.1, 0.15) is 5.03 Å². The Morgan fingerprint density at radius 2 is 1.82 bits per heavy atom. The van der Waals surface area contributed by atoms with Crippen molar-refractivity contribution in [1.82, 2.24) is 5.32 Å². The number of ether oxygens (including phenoxy) is 1. The molecule has 0 atom stereocenters. The lowest BCUT2D eigenvalue weighted by molar-refractivity contribution is -0.140. The highest BCUT2D eigenvalue weighted by atomic mass is 35.5. The van der Waals surface area contributed by atoms with E-state index in [2.05, 4.69) is 39.6 Å². The maximum Gasteiger partial charge on any atom is 0.349 e. The monoisotopic (exact) mass is 259 g/mol. The molecule has 1 fully saturated rings. The van der Waals surface area contributed by atoms with Crippen LogP contribution in [-0.2, 0) is 9.53 Å². The van der Waals surface area contributed by atoms with Crippen LogP contribution in [0.2, 0.25) is 0 Å². The van der Waals surface area contributed by atoms with Gasteiger partial charge in [0, 0.05) is 11.1 Å². The van der Waals surface area contributed by atoms with Crippen LogP contribution in [-0.4, -0.2) is 23.7 Å². The Labute approximate surface area is 109 Å². The maximum atomic E-state index is 11.2. The molecule has 1 N–H and O–H groups in total. The summed E-state index contributed by atoms with van der Waals surface area (Å²) in [6.07, 6.45) is 1.97. The molecule has 0 bridgehead atoms. The Morgan fingerprint density at radius 3 is 2.24 bits per heavy atom. The first kappa shape index (κ1) is 14.5. The fourth-order valence-electron chi connectivity index (χ4n) is 2.92. The molecule has 0 radical (unpaired) electrons. The highest BCUT2D eigenvalue weighted by molar-refractivity contribution is 6.40. The predicted molar refractivity (Wildman–Crippen MR) is 70.0 cm³/mol. The van der Waals surface area contributed by atoms with Gasteiger partial charge in [-0.2, -0.15) is 0 Å². The molecule has 1 saturated heterocycles. The van der Waals surface area contributed by atoms with Crippen LogP contribution in [0.15, 0.2) is 11.6 Å². The molecule has 17 heavy (non-hydrogen) atoms. The molecule has 0 aromatic carbocycles. The zero-order chi connectivity index (χ0) is 13.3. The van der Waals surface area contributed by atoms with Crippen molar-refractivity contribution >= 4 is 17.6 Å². The lowest BCUT2D eigenvalue weighted by Gasteiger charge is -2.46. The van der Waals surface area contributed by atoms with Crippen molar-refractivity contribution in [3.8, 4) is 0 Å². The SMILES string of the molecule is C=C(Cl)C(=O)OCC1CC(C)(C)NC(C)(C)C1. The van der Waals surface area contributed by atoms with E-state index in [0.29, 0.717) is 12.5 Å². The van der Waals surface area contributed by atoms with Crippen LogP contribution in [0.4, 0.5) is 0 Å². The summed E-state index contributed by atoms with van der Waals surface area (Å²) >= 11 is 5.48. The Kier molecular flexibility index (Phi) is 4.26. The average molecular weight is 260 g/mol. The zero-order valence-corrected chi connectivity index (χ0v) is 11.9. The number of carbonyl (C=O) groups excluding carboxylic acids is 1. The van der Waals surface area contributed by atoms with Crippen molar-refractivity contribution in [3.63, 3.8) is 0 Å². The van der Waals surface area contributed by atoms with E-state index >= 15 is 0 Å². The van der Waals surface area contributed by atoms with E-state index < -0.39 is 5.97 Å². The Morgan fingerprint density at radius 1 is 1.35 bits per heavy atom. The maximum absolute atomic E-state index is 11.2. The van der Waals surface area contributed by atoms with Crippen LogP contribution >= 0.6 is 11.6 Å². The standard InChI is InChI=1S/C13H22ClNO2/c1-9(14)11(16)17-8-10-6-12(2,3)15-13(4,5)7-10/h10,15H,1,6-8H2,2-5H3. The molecule has 0 amide bonds. The van der Waals surface area contributed by atoms with Gasteiger partial charge < -0.3 is 10.1 Å². The summed E-state index contributed by atoms with van der Waals surface area (Å²) in [7, 11) is 0. The van der Waals surface area contributed by atoms with Crippen molar-refractivity contribution in [2.24, 2.45) is 5.92 Å². The summed E-state index contributed by atoms with van der Waals surface area (Å²) < 4.78 is 5.13. The lowest BCUT2D eigenvalue weighted by atomic mass is 9.76. The van der Waals surface area contributed by atoms with Gasteiger partial charge in [0.15, 0.2) is 0 Å². The molecule has 1 rings (SSSR count). The van der Waals surface area contributed by atoms with E-state index in [1.54, 1.807) is 0 Å². The highest BCUT2D eigenvalue weighted by Crippen LogP contribution is 2.32. The van der Waals surface area contributed by atoms with Crippen LogP contribution in [0.25, 0.3) is 0 Å². The number of piperidine rings is 1. The van der Waals surface area contributed by atoms with Crippen molar-refractivity contribution in [2.75, 3.05) is 6.61 Å². The number of rotatable bonds is 3. The minimum absolute atomic E-state index is 0.0579. The molecule has 1 heterocycles.